The van der Waals surface area contributed by atoms with Crippen LogP contribution in [0.5, 0.6) is 0 Å². The molecule has 20 heavy (non-hydrogen) atoms. The Bertz CT molecular complexity index is 569. The molecule has 4 heteroatoms. The molecule has 0 bridgehead atoms. The minimum absolute atomic E-state index is 0.00225. The van der Waals surface area contributed by atoms with Crippen LogP contribution in [0.3, 0.4) is 0 Å². The van der Waals surface area contributed by atoms with Crippen molar-refractivity contribution in [3.8, 4) is 0 Å². The average Bonchev–Trinajstić information content (AvgIpc) is 2.50. The Labute approximate surface area is 119 Å². The van der Waals surface area contributed by atoms with Crippen LogP contribution < -0.4 is 10.6 Å². The van der Waals surface area contributed by atoms with E-state index >= 15 is 0 Å². The molecule has 0 unspecified atom stereocenters. The van der Waals surface area contributed by atoms with Crippen molar-refractivity contribution in [1.29, 1.82) is 0 Å². The Morgan fingerprint density at radius 2 is 2.00 bits per heavy atom. The van der Waals surface area contributed by atoms with Gasteiger partial charge in [0.05, 0.1) is 0 Å². The lowest BCUT2D eigenvalue weighted by atomic mass is 10.1. The van der Waals surface area contributed by atoms with Crippen LogP contribution in [0.15, 0.2) is 48.8 Å². The van der Waals surface area contributed by atoms with Gasteiger partial charge in [0, 0.05) is 30.2 Å². The molecule has 2 aromatic rings. The second-order valence-electron chi connectivity index (χ2n) is 4.49. The number of nitrogens with two attached hydrogens (primary N) is 1. The second-order valence-corrected chi connectivity index (χ2v) is 4.49. The van der Waals surface area contributed by atoms with Gasteiger partial charge in [-0.25, -0.2) is 0 Å². The summed E-state index contributed by atoms with van der Waals surface area (Å²) in [7, 11) is 0. The zero-order valence-electron chi connectivity index (χ0n) is 11.6. The van der Waals surface area contributed by atoms with Crippen molar-refractivity contribution in [3.05, 3.63) is 59.9 Å². The van der Waals surface area contributed by atoms with Crippen LogP contribution in [0, 0.1) is 0 Å². The highest BCUT2D eigenvalue weighted by Gasteiger charge is 2.16. The van der Waals surface area contributed by atoms with E-state index in [0.29, 0.717) is 18.7 Å². The van der Waals surface area contributed by atoms with E-state index in [1.54, 1.807) is 17.3 Å². The molecule has 0 saturated heterocycles. The van der Waals surface area contributed by atoms with Gasteiger partial charge in [-0.2, -0.15) is 0 Å². The highest BCUT2D eigenvalue weighted by molar-refractivity contribution is 6.06. The van der Waals surface area contributed by atoms with Crippen molar-refractivity contribution < 1.29 is 4.79 Å². The van der Waals surface area contributed by atoms with Crippen LogP contribution in [-0.4, -0.2) is 24.0 Å². The number of carbonyl (C=O) groups is 1. The summed E-state index contributed by atoms with van der Waals surface area (Å²) in [5, 5.41) is 0. The Morgan fingerprint density at radius 3 is 2.65 bits per heavy atom. The van der Waals surface area contributed by atoms with E-state index in [1.165, 1.54) is 0 Å². The summed E-state index contributed by atoms with van der Waals surface area (Å²) in [5.41, 5.74) is 8.20. The van der Waals surface area contributed by atoms with Crippen molar-refractivity contribution in [2.75, 3.05) is 18.0 Å². The van der Waals surface area contributed by atoms with E-state index in [4.69, 9.17) is 5.73 Å². The van der Waals surface area contributed by atoms with Gasteiger partial charge in [0.2, 0.25) is 0 Å². The molecule has 0 atom stereocenters. The third-order valence-corrected chi connectivity index (χ3v) is 3.14. The molecule has 0 aliphatic heterocycles. The quantitative estimate of drug-likeness (QED) is 0.905. The SMILES string of the molecule is CCN(C(=O)c1cccc(CCN)c1)c1ccncc1. The molecular formula is C16H19N3O. The molecule has 0 spiro atoms. The molecule has 0 radical (unpaired) electrons. The minimum Gasteiger partial charge on any atom is -0.330 e. The third kappa shape index (κ3) is 3.22. The molecule has 2 N–H and O–H groups in total. The summed E-state index contributed by atoms with van der Waals surface area (Å²) in [4.78, 5) is 18.3. The molecular weight excluding hydrogens is 250 g/mol. The lowest BCUT2D eigenvalue weighted by Crippen LogP contribution is -2.30. The predicted octanol–water partition coefficient (Wildman–Crippen LogP) is 2.25. The van der Waals surface area contributed by atoms with Crippen molar-refractivity contribution in [2.45, 2.75) is 13.3 Å². The Morgan fingerprint density at radius 1 is 1.25 bits per heavy atom. The van der Waals surface area contributed by atoms with Crippen LogP contribution >= 0.6 is 0 Å². The average molecular weight is 269 g/mol. The number of carbonyl (C=O) groups excluding carboxylic acids is 1. The van der Waals surface area contributed by atoms with Crippen molar-refractivity contribution >= 4 is 11.6 Å². The molecule has 1 aromatic heterocycles. The maximum Gasteiger partial charge on any atom is 0.258 e. The summed E-state index contributed by atoms with van der Waals surface area (Å²) in [5.74, 6) is -0.00225. The number of hydrogen-bond acceptors (Lipinski definition) is 3. The molecule has 0 aliphatic rings. The molecule has 1 heterocycles. The number of hydrogen-bond donors (Lipinski definition) is 1. The first-order chi connectivity index (χ1) is 9.76. The van der Waals surface area contributed by atoms with E-state index < -0.39 is 0 Å². The molecule has 1 amide bonds. The van der Waals surface area contributed by atoms with E-state index in [1.807, 2.05) is 43.3 Å². The fourth-order valence-electron chi connectivity index (χ4n) is 2.15. The number of aromatic nitrogens is 1. The number of amides is 1. The first kappa shape index (κ1) is 14.2. The number of nitrogens with zero attached hydrogens (tertiary/aromatic N) is 2. The summed E-state index contributed by atoms with van der Waals surface area (Å²) < 4.78 is 0. The molecule has 0 saturated carbocycles. The van der Waals surface area contributed by atoms with Gasteiger partial charge in [-0.3, -0.25) is 9.78 Å². The van der Waals surface area contributed by atoms with Gasteiger partial charge in [-0.1, -0.05) is 12.1 Å². The van der Waals surface area contributed by atoms with Crippen LogP contribution in [0.2, 0.25) is 0 Å². The zero-order chi connectivity index (χ0) is 14.4. The standard InChI is InChI=1S/C16H19N3O/c1-2-19(15-7-10-18-11-8-15)16(20)14-5-3-4-13(12-14)6-9-17/h3-5,7-8,10-12H,2,6,9,17H2,1H3. The molecule has 0 fully saturated rings. The maximum absolute atomic E-state index is 12.6. The summed E-state index contributed by atoms with van der Waals surface area (Å²) in [6.45, 7) is 3.16. The molecule has 1 aromatic carbocycles. The van der Waals surface area contributed by atoms with Gasteiger partial charge in [0.25, 0.3) is 5.91 Å². The Kier molecular flexibility index (Phi) is 4.85. The predicted molar refractivity (Wildman–Crippen MR) is 80.8 cm³/mol. The number of rotatable bonds is 5. The molecule has 2 rings (SSSR count). The first-order valence-corrected chi connectivity index (χ1v) is 6.77. The fraction of sp³-hybridized carbons (Fsp3) is 0.250. The van der Waals surface area contributed by atoms with E-state index in [-0.39, 0.29) is 5.91 Å². The van der Waals surface area contributed by atoms with Crippen LogP contribution in [0.4, 0.5) is 5.69 Å². The molecule has 104 valence electrons. The lowest BCUT2D eigenvalue weighted by molar-refractivity contribution is 0.0988. The van der Waals surface area contributed by atoms with Gasteiger partial charge in [0.15, 0.2) is 0 Å². The largest absolute Gasteiger partial charge is 0.330 e. The number of benzene rings is 1. The third-order valence-electron chi connectivity index (χ3n) is 3.14. The smallest absolute Gasteiger partial charge is 0.258 e. The Hall–Kier alpha value is -2.20. The Balaban J connectivity index is 2.27. The van der Waals surface area contributed by atoms with E-state index in [2.05, 4.69) is 4.98 Å². The normalized spacial score (nSPS) is 10.3. The fourth-order valence-corrected chi connectivity index (χ4v) is 2.15. The number of anilines is 1. The topological polar surface area (TPSA) is 59.2 Å². The number of pyridine rings is 1. The second kappa shape index (κ2) is 6.82. The van der Waals surface area contributed by atoms with Crippen molar-refractivity contribution in [3.63, 3.8) is 0 Å². The summed E-state index contributed by atoms with van der Waals surface area (Å²) in [6, 6.07) is 11.3. The maximum atomic E-state index is 12.6. The van der Waals surface area contributed by atoms with Gasteiger partial charge < -0.3 is 10.6 Å². The minimum atomic E-state index is -0.00225. The van der Waals surface area contributed by atoms with Crippen LogP contribution in [0.25, 0.3) is 0 Å². The van der Waals surface area contributed by atoms with E-state index in [0.717, 1.165) is 17.7 Å². The molecule has 4 nitrogen and oxygen atoms in total. The first-order valence-electron chi connectivity index (χ1n) is 6.77. The van der Waals surface area contributed by atoms with Crippen LogP contribution in [-0.2, 0) is 6.42 Å². The van der Waals surface area contributed by atoms with Crippen molar-refractivity contribution in [1.82, 2.24) is 4.98 Å². The van der Waals surface area contributed by atoms with Crippen molar-refractivity contribution in [2.24, 2.45) is 5.73 Å². The summed E-state index contributed by atoms with van der Waals surface area (Å²) in [6.07, 6.45) is 4.16. The monoisotopic (exact) mass is 269 g/mol. The highest BCUT2D eigenvalue weighted by atomic mass is 16.2. The zero-order valence-corrected chi connectivity index (χ0v) is 11.6. The van der Waals surface area contributed by atoms with Crippen LogP contribution in [0.1, 0.15) is 22.8 Å². The van der Waals surface area contributed by atoms with Gasteiger partial charge in [-0.05, 0) is 49.7 Å². The van der Waals surface area contributed by atoms with Gasteiger partial charge >= 0.3 is 0 Å². The lowest BCUT2D eigenvalue weighted by Gasteiger charge is -2.21. The van der Waals surface area contributed by atoms with Gasteiger partial charge in [0.1, 0.15) is 0 Å². The molecule has 0 aliphatic carbocycles. The highest BCUT2D eigenvalue weighted by Crippen LogP contribution is 2.16. The van der Waals surface area contributed by atoms with Gasteiger partial charge in [-0.15, -0.1) is 0 Å². The summed E-state index contributed by atoms with van der Waals surface area (Å²) >= 11 is 0. The van der Waals surface area contributed by atoms with E-state index in [9.17, 15) is 4.79 Å².